The van der Waals surface area contributed by atoms with Gasteiger partial charge in [0.15, 0.2) is 10.9 Å². The summed E-state index contributed by atoms with van der Waals surface area (Å²) in [4.78, 5) is 27.6. The highest BCUT2D eigenvalue weighted by Crippen LogP contribution is 2.34. The number of carbonyl (C=O) groups excluding carboxylic acids is 1. The van der Waals surface area contributed by atoms with Crippen molar-refractivity contribution in [2.45, 2.75) is 58.2 Å². The van der Waals surface area contributed by atoms with Crippen molar-refractivity contribution in [2.24, 2.45) is 5.92 Å². The van der Waals surface area contributed by atoms with Crippen LogP contribution in [0, 0.1) is 5.92 Å². The second kappa shape index (κ2) is 9.04. The molecular formula is C20H27N5O3S. The van der Waals surface area contributed by atoms with Crippen LogP contribution in [-0.2, 0) is 9.53 Å². The van der Waals surface area contributed by atoms with E-state index < -0.39 is 0 Å². The van der Waals surface area contributed by atoms with E-state index in [1.165, 1.54) is 30.6 Å². The van der Waals surface area contributed by atoms with Crippen LogP contribution in [0.1, 0.15) is 46.0 Å². The number of ether oxygens (including phenoxy) is 2. The van der Waals surface area contributed by atoms with Gasteiger partial charge in [-0.3, -0.25) is 4.79 Å². The molecule has 1 saturated carbocycles. The summed E-state index contributed by atoms with van der Waals surface area (Å²) in [6.07, 6.45) is 10.5. The Bertz CT molecular complexity index is 814. The van der Waals surface area contributed by atoms with Crippen molar-refractivity contribution in [2.75, 3.05) is 23.3 Å². The minimum atomic E-state index is -0.0113. The molecule has 0 unspecified atom stereocenters. The fraction of sp³-hybridized carbons (Fsp3) is 0.600. The summed E-state index contributed by atoms with van der Waals surface area (Å²) in [7, 11) is 0. The van der Waals surface area contributed by atoms with Crippen LogP contribution in [0.15, 0.2) is 18.6 Å². The number of thiazole rings is 1. The molecule has 8 nitrogen and oxygen atoms in total. The monoisotopic (exact) mass is 417 g/mol. The van der Waals surface area contributed by atoms with E-state index >= 15 is 0 Å². The molecule has 1 saturated heterocycles. The lowest BCUT2D eigenvalue weighted by Crippen LogP contribution is -2.40. The first-order valence-corrected chi connectivity index (χ1v) is 11.1. The second-order valence-electron chi connectivity index (χ2n) is 7.82. The lowest BCUT2D eigenvalue weighted by molar-refractivity contribution is -0.131. The van der Waals surface area contributed by atoms with E-state index in [0.29, 0.717) is 15.9 Å². The maximum Gasteiger partial charge on any atom is 0.229 e. The number of rotatable bonds is 7. The summed E-state index contributed by atoms with van der Waals surface area (Å²) < 4.78 is 11.5. The van der Waals surface area contributed by atoms with Gasteiger partial charge in [-0.05, 0) is 46.0 Å². The third-order valence-electron chi connectivity index (χ3n) is 5.12. The van der Waals surface area contributed by atoms with Crippen LogP contribution >= 0.6 is 11.3 Å². The van der Waals surface area contributed by atoms with Crippen molar-refractivity contribution < 1.29 is 14.3 Å². The van der Waals surface area contributed by atoms with Crippen molar-refractivity contribution >= 4 is 28.3 Å². The van der Waals surface area contributed by atoms with Gasteiger partial charge in [-0.15, -0.1) is 0 Å². The van der Waals surface area contributed by atoms with Crippen molar-refractivity contribution in [1.82, 2.24) is 15.0 Å². The first-order chi connectivity index (χ1) is 14.1. The molecule has 0 aromatic carbocycles. The van der Waals surface area contributed by atoms with Gasteiger partial charge in [-0.1, -0.05) is 11.3 Å². The molecule has 0 radical (unpaired) electrons. The molecule has 0 spiro atoms. The number of hydrogen-bond donors (Lipinski definition) is 1. The average molecular weight is 418 g/mol. The van der Waals surface area contributed by atoms with Crippen LogP contribution < -0.4 is 15.0 Å². The predicted molar refractivity (Wildman–Crippen MR) is 112 cm³/mol. The van der Waals surface area contributed by atoms with E-state index in [0.717, 1.165) is 31.9 Å². The summed E-state index contributed by atoms with van der Waals surface area (Å²) in [5.74, 6) is 1.28. The van der Waals surface area contributed by atoms with E-state index in [2.05, 4.69) is 25.2 Å². The van der Waals surface area contributed by atoms with Gasteiger partial charge in [0.05, 0.1) is 30.8 Å². The van der Waals surface area contributed by atoms with Gasteiger partial charge in [0.25, 0.3) is 0 Å². The van der Waals surface area contributed by atoms with Gasteiger partial charge in [-0.2, -0.15) is 0 Å². The van der Waals surface area contributed by atoms with Crippen molar-refractivity contribution in [3.63, 3.8) is 0 Å². The van der Waals surface area contributed by atoms with Crippen LogP contribution in [-0.4, -0.2) is 46.2 Å². The Morgan fingerprint density at radius 1 is 1.14 bits per heavy atom. The SMILES string of the molecule is CC(C)OC1CC(C(=O)Nc2ncc(Oc3cnc(N4CCCCC4)nc3)s2)C1. The van der Waals surface area contributed by atoms with Crippen LogP contribution in [0.2, 0.25) is 0 Å². The van der Waals surface area contributed by atoms with Crippen LogP contribution in [0.5, 0.6) is 10.8 Å². The number of anilines is 2. The van der Waals surface area contributed by atoms with Crippen molar-refractivity contribution in [3.05, 3.63) is 18.6 Å². The number of carbonyl (C=O) groups is 1. The first kappa shape index (κ1) is 20.0. The highest BCUT2D eigenvalue weighted by molar-refractivity contribution is 7.17. The summed E-state index contributed by atoms with van der Waals surface area (Å²) in [5.41, 5.74) is 0. The number of nitrogens with one attached hydrogen (secondary N) is 1. The third-order valence-corrected chi connectivity index (χ3v) is 5.91. The molecule has 1 N–H and O–H groups in total. The Morgan fingerprint density at radius 2 is 1.86 bits per heavy atom. The number of aromatic nitrogens is 3. The molecule has 1 aliphatic heterocycles. The molecule has 4 rings (SSSR count). The largest absolute Gasteiger partial charge is 0.442 e. The zero-order valence-electron chi connectivity index (χ0n) is 16.8. The number of amides is 1. The normalized spacial score (nSPS) is 21.7. The molecule has 1 amide bonds. The molecule has 29 heavy (non-hydrogen) atoms. The topological polar surface area (TPSA) is 89.5 Å². The summed E-state index contributed by atoms with van der Waals surface area (Å²) in [5, 5.41) is 3.99. The zero-order valence-corrected chi connectivity index (χ0v) is 17.7. The van der Waals surface area contributed by atoms with Gasteiger partial charge in [0, 0.05) is 19.0 Å². The number of hydrogen-bond acceptors (Lipinski definition) is 8. The molecule has 1 aliphatic carbocycles. The minimum absolute atomic E-state index is 0.0104. The van der Waals surface area contributed by atoms with E-state index in [9.17, 15) is 4.79 Å². The van der Waals surface area contributed by atoms with E-state index in [4.69, 9.17) is 9.47 Å². The molecule has 2 aromatic rings. The Hall–Kier alpha value is -2.26. The Morgan fingerprint density at radius 3 is 2.55 bits per heavy atom. The number of piperidine rings is 1. The molecule has 2 aromatic heterocycles. The van der Waals surface area contributed by atoms with Crippen LogP contribution in [0.3, 0.4) is 0 Å². The minimum Gasteiger partial charge on any atom is -0.442 e. The van der Waals surface area contributed by atoms with Crippen molar-refractivity contribution in [1.29, 1.82) is 0 Å². The Balaban J connectivity index is 1.26. The quantitative estimate of drug-likeness (QED) is 0.732. The van der Waals surface area contributed by atoms with Gasteiger partial charge in [0.2, 0.25) is 16.9 Å². The highest BCUT2D eigenvalue weighted by Gasteiger charge is 2.36. The lowest BCUT2D eigenvalue weighted by atomic mass is 9.81. The Labute approximate surface area is 174 Å². The average Bonchev–Trinajstić information content (AvgIpc) is 3.12. The van der Waals surface area contributed by atoms with Crippen LogP contribution in [0.25, 0.3) is 0 Å². The van der Waals surface area contributed by atoms with E-state index in [1.807, 2.05) is 13.8 Å². The van der Waals surface area contributed by atoms with Gasteiger partial charge >= 0.3 is 0 Å². The van der Waals surface area contributed by atoms with E-state index in [1.54, 1.807) is 18.6 Å². The van der Waals surface area contributed by atoms with Crippen LogP contribution in [0.4, 0.5) is 11.1 Å². The molecule has 9 heteroatoms. The fourth-order valence-electron chi connectivity index (χ4n) is 3.58. The number of nitrogens with zero attached hydrogens (tertiary/aromatic N) is 4. The highest BCUT2D eigenvalue weighted by atomic mass is 32.1. The molecule has 3 heterocycles. The van der Waals surface area contributed by atoms with E-state index in [-0.39, 0.29) is 24.0 Å². The fourth-order valence-corrected chi connectivity index (χ4v) is 4.27. The molecule has 156 valence electrons. The zero-order chi connectivity index (χ0) is 20.2. The van der Waals surface area contributed by atoms with Gasteiger partial charge in [0.1, 0.15) is 0 Å². The lowest BCUT2D eigenvalue weighted by Gasteiger charge is -2.34. The Kier molecular flexibility index (Phi) is 6.25. The molecular weight excluding hydrogens is 390 g/mol. The maximum absolute atomic E-state index is 12.3. The summed E-state index contributed by atoms with van der Waals surface area (Å²) >= 11 is 1.29. The van der Waals surface area contributed by atoms with Gasteiger partial charge < -0.3 is 19.7 Å². The second-order valence-corrected chi connectivity index (χ2v) is 8.81. The van der Waals surface area contributed by atoms with Crippen molar-refractivity contribution in [3.8, 4) is 10.8 Å². The van der Waals surface area contributed by atoms with Gasteiger partial charge in [-0.25, -0.2) is 15.0 Å². The standard InChI is InChI=1S/C20H27N5O3S/c1-13(2)27-15-8-14(9-15)18(26)24-20-23-12-17(29-20)28-16-10-21-19(22-11-16)25-6-4-3-5-7-25/h10-15H,3-9H2,1-2H3,(H,23,24,26). The third kappa shape index (κ3) is 5.22. The summed E-state index contributed by atoms with van der Waals surface area (Å²) in [6, 6.07) is 0. The smallest absolute Gasteiger partial charge is 0.229 e. The molecule has 0 bridgehead atoms. The predicted octanol–water partition coefficient (Wildman–Crippen LogP) is 3.86. The molecule has 2 fully saturated rings. The molecule has 2 aliphatic rings. The summed E-state index contributed by atoms with van der Waals surface area (Å²) in [6.45, 7) is 6.03. The maximum atomic E-state index is 12.3. The molecule has 0 atom stereocenters. The first-order valence-electron chi connectivity index (χ1n) is 10.2.